The van der Waals surface area contributed by atoms with Gasteiger partial charge < -0.3 is 15.2 Å². The fourth-order valence-electron chi connectivity index (χ4n) is 2.35. The van der Waals surface area contributed by atoms with Crippen LogP contribution in [0.4, 0.5) is 5.69 Å². The zero-order chi connectivity index (χ0) is 16.1. The monoisotopic (exact) mass is 302 g/mol. The standard InChI is InChI=1S/C17H22N2O3/c1-4-22-17(21)14-10-19-15-12(3)11(2)6-7-13(15)16(14)18-8-5-9-20/h6-7,10,20H,4-5,8-9H2,1-3H3,(H,18,19). The Balaban J connectivity index is 2.56. The molecule has 1 aromatic carbocycles. The number of aromatic nitrogens is 1. The Hall–Kier alpha value is -2.14. The van der Waals surface area contributed by atoms with Gasteiger partial charge in [-0.3, -0.25) is 4.98 Å². The molecular weight excluding hydrogens is 280 g/mol. The van der Waals surface area contributed by atoms with Crippen molar-refractivity contribution in [1.82, 2.24) is 4.98 Å². The van der Waals surface area contributed by atoms with Crippen molar-refractivity contribution in [2.45, 2.75) is 27.2 Å². The maximum absolute atomic E-state index is 12.1. The van der Waals surface area contributed by atoms with E-state index in [1.165, 1.54) is 0 Å². The van der Waals surface area contributed by atoms with Gasteiger partial charge >= 0.3 is 5.97 Å². The Bertz CT molecular complexity index is 683. The molecule has 0 bridgehead atoms. The summed E-state index contributed by atoms with van der Waals surface area (Å²) in [4.78, 5) is 16.6. The summed E-state index contributed by atoms with van der Waals surface area (Å²) in [5.74, 6) is -0.387. The molecule has 0 amide bonds. The second kappa shape index (κ2) is 7.22. The van der Waals surface area contributed by atoms with Crippen LogP contribution in [0.15, 0.2) is 18.3 Å². The van der Waals surface area contributed by atoms with Crippen molar-refractivity contribution in [2.75, 3.05) is 25.1 Å². The third kappa shape index (κ3) is 3.20. The number of ether oxygens (including phenoxy) is 1. The number of anilines is 1. The third-order valence-corrected chi connectivity index (χ3v) is 3.70. The van der Waals surface area contributed by atoms with Crippen LogP contribution in [0.1, 0.15) is 34.8 Å². The number of pyridine rings is 1. The molecule has 0 aliphatic heterocycles. The molecule has 118 valence electrons. The second-order valence-corrected chi connectivity index (χ2v) is 5.17. The molecule has 0 spiro atoms. The van der Waals surface area contributed by atoms with Crippen molar-refractivity contribution in [3.63, 3.8) is 0 Å². The molecule has 0 saturated carbocycles. The topological polar surface area (TPSA) is 71.5 Å². The lowest BCUT2D eigenvalue weighted by Crippen LogP contribution is -2.12. The molecule has 0 saturated heterocycles. The highest BCUT2D eigenvalue weighted by atomic mass is 16.5. The van der Waals surface area contributed by atoms with Crippen LogP contribution in [0, 0.1) is 13.8 Å². The van der Waals surface area contributed by atoms with E-state index < -0.39 is 0 Å². The number of nitrogens with zero attached hydrogens (tertiary/aromatic N) is 1. The minimum absolute atomic E-state index is 0.100. The maximum Gasteiger partial charge on any atom is 0.341 e. The first kappa shape index (κ1) is 16.2. The van der Waals surface area contributed by atoms with E-state index in [0.29, 0.717) is 25.1 Å². The van der Waals surface area contributed by atoms with E-state index in [2.05, 4.69) is 10.3 Å². The van der Waals surface area contributed by atoms with E-state index in [1.807, 2.05) is 26.0 Å². The second-order valence-electron chi connectivity index (χ2n) is 5.17. The van der Waals surface area contributed by atoms with Crippen LogP contribution in [-0.2, 0) is 4.74 Å². The number of hydrogen-bond acceptors (Lipinski definition) is 5. The zero-order valence-electron chi connectivity index (χ0n) is 13.3. The lowest BCUT2D eigenvalue weighted by Gasteiger charge is -2.15. The van der Waals surface area contributed by atoms with E-state index in [0.717, 1.165) is 27.7 Å². The first-order chi connectivity index (χ1) is 10.6. The van der Waals surface area contributed by atoms with E-state index in [9.17, 15) is 4.79 Å². The average molecular weight is 302 g/mol. The molecule has 0 unspecified atom stereocenters. The zero-order valence-corrected chi connectivity index (χ0v) is 13.3. The highest BCUT2D eigenvalue weighted by Gasteiger charge is 2.17. The summed E-state index contributed by atoms with van der Waals surface area (Å²) in [7, 11) is 0. The lowest BCUT2D eigenvalue weighted by molar-refractivity contribution is 0.0527. The average Bonchev–Trinajstić information content (AvgIpc) is 2.51. The van der Waals surface area contributed by atoms with Gasteiger partial charge in [0, 0.05) is 24.7 Å². The predicted octanol–water partition coefficient (Wildman–Crippen LogP) is 2.82. The molecular formula is C17H22N2O3. The number of hydrogen-bond donors (Lipinski definition) is 2. The molecule has 5 heteroatoms. The van der Waals surface area contributed by atoms with Gasteiger partial charge in [-0.2, -0.15) is 0 Å². The number of carbonyl (C=O) groups excluding carboxylic acids is 1. The normalized spacial score (nSPS) is 10.7. The summed E-state index contributed by atoms with van der Waals surface area (Å²) >= 11 is 0. The summed E-state index contributed by atoms with van der Waals surface area (Å²) in [6.45, 7) is 6.83. The van der Waals surface area contributed by atoms with E-state index in [4.69, 9.17) is 9.84 Å². The predicted molar refractivity (Wildman–Crippen MR) is 87.4 cm³/mol. The summed E-state index contributed by atoms with van der Waals surface area (Å²) < 4.78 is 5.11. The van der Waals surface area contributed by atoms with Crippen LogP contribution in [-0.4, -0.2) is 35.8 Å². The maximum atomic E-state index is 12.1. The van der Waals surface area contributed by atoms with Gasteiger partial charge in [0.15, 0.2) is 0 Å². The lowest BCUT2D eigenvalue weighted by atomic mass is 10.0. The van der Waals surface area contributed by atoms with Gasteiger partial charge in [-0.15, -0.1) is 0 Å². The third-order valence-electron chi connectivity index (χ3n) is 3.70. The van der Waals surface area contributed by atoms with Crippen molar-refractivity contribution in [3.8, 4) is 0 Å². The first-order valence-electron chi connectivity index (χ1n) is 7.50. The molecule has 0 atom stereocenters. The molecule has 22 heavy (non-hydrogen) atoms. The molecule has 1 aromatic heterocycles. The Kier molecular flexibility index (Phi) is 5.33. The SMILES string of the molecule is CCOC(=O)c1cnc2c(C)c(C)ccc2c1NCCCO. The van der Waals surface area contributed by atoms with Crippen molar-refractivity contribution < 1.29 is 14.6 Å². The van der Waals surface area contributed by atoms with Crippen LogP contribution in [0.5, 0.6) is 0 Å². The highest BCUT2D eigenvalue weighted by Crippen LogP contribution is 2.29. The molecule has 0 radical (unpaired) electrons. The Morgan fingerprint density at radius 1 is 1.36 bits per heavy atom. The summed E-state index contributed by atoms with van der Waals surface area (Å²) in [5, 5.41) is 13.1. The fraction of sp³-hybridized carbons (Fsp3) is 0.412. The smallest absolute Gasteiger partial charge is 0.341 e. The molecule has 2 N–H and O–H groups in total. The number of aliphatic hydroxyl groups excluding tert-OH is 1. The number of rotatable bonds is 6. The van der Waals surface area contributed by atoms with E-state index in [-0.39, 0.29) is 12.6 Å². The van der Waals surface area contributed by atoms with Gasteiger partial charge in [0.1, 0.15) is 5.56 Å². The summed E-state index contributed by atoms with van der Waals surface area (Å²) in [5.41, 5.74) is 4.28. The summed E-state index contributed by atoms with van der Waals surface area (Å²) in [6, 6.07) is 3.99. The molecule has 0 fully saturated rings. The van der Waals surface area contributed by atoms with Crippen LogP contribution >= 0.6 is 0 Å². The Morgan fingerprint density at radius 3 is 2.82 bits per heavy atom. The van der Waals surface area contributed by atoms with E-state index >= 15 is 0 Å². The fourth-order valence-corrected chi connectivity index (χ4v) is 2.35. The van der Waals surface area contributed by atoms with Gasteiger partial charge in [-0.1, -0.05) is 12.1 Å². The summed E-state index contributed by atoms with van der Waals surface area (Å²) in [6.07, 6.45) is 2.17. The van der Waals surface area contributed by atoms with Crippen molar-refractivity contribution in [2.24, 2.45) is 0 Å². The number of carbonyl (C=O) groups is 1. The molecule has 2 aromatic rings. The van der Waals surface area contributed by atoms with Gasteiger partial charge in [0.05, 0.1) is 17.8 Å². The molecule has 2 rings (SSSR count). The molecule has 5 nitrogen and oxygen atoms in total. The number of aliphatic hydroxyl groups is 1. The number of esters is 1. The minimum Gasteiger partial charge on any atom is -0.462 e. The number of aryl methyl sites for hydroxylation is 2. The Morgan fingerprint density at radius 2 is 2.14 bits per heavy atom. The quantitative estimate of drug-likeness (QED) is 0.634. The highest BCUT2D eigenvalue weighted by molar-refractivity contribution is 6.05. The van der Waals surface area contributed by atoms with E-state index in [1.54, 1.807) is 13.1 Å². The number of fused-ring (bicyclic) bond motifs is 1. The van der Waals surface area contributed by atoms with Gasteiger partial charge in [0.2, 0.25) is 0 Å². The molecule has 0 aliphatic rings. The molecule has 1 heterocycles. The molecule has 0 aliphatic carbocycles. The van der Waals surface area contributed by atoms with Crippen molar-refractivity contribution >= 4 is 22.6 Å². The first-order valence-corrected chi connectivity index (χ1v) is 7.50. The van der Waals surface area contributed by atoms with Gasteiger partial charge in [-0.25, -0.2) is 4.79 Å². The van der Waals surface area contributed by atoms with Crippen LogP contribution < -0.4 is 5.32 Å². The van der Waals surface area contributed by atoms with Crippen LogP contribution in [0.25, 0.3) is 10.9 Å². The number of benzene rings is 1. The minimum atomic E-state index is -0.387. The van der Waals surface area contributed by atoms with Crippen molar-refractivity contribution in [1.29, 1.82) is 0 Å². The largest absolute Gasteiger partial charge is 0.462 e. The number of nitrogens with one attached hydrogen (secondary N) is 1. The van der Waals surface area contributed by atoms with Crippen LogP contribution in [0.2, 0.25) is 0 Å². The van der Waals surface area contributed by atoms with Gasteiger partial charge in [-0.05, 0) is 38.3 Å². The van der Waals surface area contributed by atoms with Gasteiger partial charge in [0.25, 0.3) is 0 Å². The Labute approximate surface area is 130 Å². The van der Waals surface area contributed by atoms with Crippen LogP contribution in [0.3, 0.4) is 0 Å². The van der Waals surface area contributed by atoms with Crippen molar-refractivity contribution in [3.05, 3.63) is 35.0 Å².